The Labute approximate surface area is 291 Å². The molecule has 7 nitrogen and oxygen atoms in total. The minimum atomic E-state index is -1.56. The van der Waals surface area contributed by atoms with Gasteiger partial charge in [0, 0.05) is 18.8 Å². The van der Waals surface area contributed by atoms with Crippen LogP contribution in [0.15, 0.2) is 120 Å². The topological polar surface area (TPSA) is 76.2 Å². The Balaban J connectivity index is 1.46. The average molecular weight is 675 g/mol. The summed E-state index contributed by atoms with van der Waals surface area (Å²) >= 11 is 0. The van der Waals surface area contributed by atoms with Crippen LogP contribution in [-0.4, -0.2) is 34.0 Å². The van der Waals surface area contributed by atoms with E-state index in [1.54, 1.807) is 34.5 Å². The average Bonchev–Trinajstić information content (AvgIpc) is 3.09. The quantitative estimate of drug-likeness (QED) is 0.118. The second-order valence-corrected chi connectivity index (χ2v) is 13.8. The van der Waals surface area contributed by atoms with E-state index >= 15 is 0 Å². The number of hydrogen-bond donors (Lipinski definition) is 0. The number of hydrogen-bond acceptors (Lipinski definition) is 5. The molecule has 0 N–H and O–H groups in total. The van der Waals surface area contributed by atoms with Crippen molar-refractivity contribution in [3.8, 4) is 5.75 Å². The molecule has 0 aliphatic carbocycles. The van der Waals surface area contributed by atoms with Gasteiger partial charge >= 0.3 is 5.97 Å². The van der Waals surface area contributed by atoms with Crippen LogP contribution in [0.2, 0.25) is 0 Å². The Hall–Kier alpha value is -5.05. The number of amides is 1. The van der Waals surface area contributed by atoms with Gasteiger partial charge in [-0.25, -0.2) is 13.3 Å². The van der Waals surface area contributed by atoms with Gasteiger partial charge in [-0.1, -0.05) is 108 Å². The third-order valence-electron chi connectivity index (χ3n) is 8.13. The highest BCUT2D eigenvalue weighted by molar-refractivity contribution is 7.82. The number of anilines is 1. The molecule has 0 aliphatic rings. The molecule has 1 atom stereocenters. The summed E-state index contributed by atoms with van der Waals surface area (Å²) in [6.07, 6.45) is 0. The van der Waals surface area contributed by atoms with E-state index in [1.165, 1.54) is 0 Å². The van der Waals surface area contributed by atoms with E-state index in [0.717, 1.165) is 38.9 Å². The molecule has 5 aromatic carbocycles. The van der Waals surface area contributed by atoms with Gasteiger partial charge in [0.05, 0.1) is 18.0 Å². The lowest BCUT2D eigenvalue weighted by atomic mass is 10.1. The molecule has 0 heterocycles. The van der Waals surface area contributed by atoms with Crippen LogP contribution in [0.5, 0.6) is 5.75 Å². The molecule has 5 aromatic rings. The third kappa shape index (κ3) is 9.31. The van der Waals surface area contributed by atoms with Gasteiger partial charge in [-0.05, 0) is 67.6 Å². The Morgan fingerprint density at radius 1 is 0.673 bits per heavy atom. The van der Waals surface area contributed by atoms with Crippen molar-refractivity contribution in [2.24, 2.45) is 0 Å². The van der Waals surface area contributed by atoms with E-state index in [1.807, 2.05) is 125 Å². The van der Waals surface area contributed by atoms with Crippen LogP contribution < -0.4 is 9.64 Å². The molecule has 8 heteroatoms. The summed E-state index contributed by atoms with van der Waals surface area (Å²) in [5, 5.41) is 0. The molecule has 1 amide bonds. The van der Waals surface area contributed by atoms with E-state index in [2.05, 4.69) is 0 Å². The predicted octanol–water partition coefficient (Wildman–Crippen LogP) is 8.04. The highest BCUT2D eigenvalue weighted by atomic mass is 32.2. The zero-order chi connectivity index (χ0) is 34.9. The Morgan fingerprint density at radius 2 is 1.27 bits per heavy atom. The van der Waals surface area contributed by atoms with Gasteiger partial charge in [0.2, 0.25) is 5.91 Å². The van der Waals surface area contributed by atoms with Crippen molar-refractivity contribution in [3.05, 3.63) is 160 Å². The van der Waals surface area contributed by atoms with Gasteiger partial charge in [-0.15, -0.1) is 0 Å². The van der Waals surface area contributed by atoms with E-state index in [4.69, 9.17) is 9.47 Å². The molecular weight excluding hydrogens is 633 g/mol. The van der Waals surface area contributed by atoms with Crippen molar-refractivity contribution < 1.29 is 23.3 Å². The molecule has 49 heavy (non-hydrogen) atoms. The van der Waals surface area contributed by atoms with Crippen LogP contribution in [0, 0.1) is 27.7 Å². The zero-order valence-corrected chi connectivity index (χ0v) is 29.5. The normalized spacial score (nSPS) is 11.6. The van der Waals surface area contributed by atoms with Gasteiger partial charge in [0.25, 0.3) is 0 Å². The minimum Gasteiger partial charge on any atom is -0.488 e. The summed E-state index contributed by atoms with van der Waals surface area (Å²) in [6.45, 7) is 8.39. The maximum Gasteiger partial charge on any atom is 0.342 e. The fraction of sp³-hybridized carbons (Fsp3) is 0.220. The number of benzene rings is 5. The van der Waals surface area contributed by atoms with Crippen LogP contribution in [0.3, 0.4) is 0 Å². The zero-order valence-electron chi connectivity index (χ0n) is 28.6. The molecule has 0 bridgehead atoms. The number of carbonyl (C=O) groups excluding carboxylic acids is 2. The fourth-order valence-corrected chi connectivity index (χ4v) is 6.84. The minimum absolute atomic E-state index is 0.105. The first-order valence-corrected chi connectivity index (χ1v) is 17.3. The molecule has 1 unspecified atom stereocenters. The van der Waals surface area contributed by atoms with Crippen molar-refractivity contribution >= 4 is 28.5 Å². The molecule has 0 aliphatic heterocycles. The fourth-order valence-electron chi connectivity index (χ4n) is 5.64. The first-order valence-electron chi connectivity index (χ1n) is 16.2. The van der Waals surface area contributed by atoms with Crippen molar-refractivity contribution in [1.82, 2.24) is 4.31 Å². The van der Waals surface area contributed by atoms with Gasteiger partial charge < -0.3 is 14.4 Å². The molecular formula is C41H42N2O5S. The Bertz CT molecular complexity index is 1900. The summed E-state index contributed by atoms with van der Waals surface area (Å²) in [5.41, 5.74) is 7.54. The first-order chi connectivity index (χ1) is 23.6. The second kappa shape index (κ2) is 16.4. The smallest absolute Gasteiger partial charge is 0.342 e. The van der Waals surface area contributed by atoms with Crippen LogP contribution in [0.25, 0.3) is 0 Å². The number of rotatable bonds is 13. The third-order valence-corrected chi connectivity index (χ3v) is 9.82. The van der Waals surface area contributed by atoms with Crippen molar-refractivity contribution in [2.75, 3.05) is 18.5 Å². The largest absolute Gasteiger partial charge is 0.488 e. The number of likely N-dealkylation sites (N-methyl/N-ethyl adjacent to an activating group) is 1. The summed E-state index contributed by atoms with van der Waals surface area (Å²) in [7, 11) is 0.132. The summed E-state index contributed by atoms with van der Waals surface area (Å²) < 4.78 is 27.2. The first kappa shape index (κ1) is 35.3. The van der Waals surface area contributed by atoms with Crippen LogP contribution in [0.4, 0.5) is 5.69 Å². The van der Waals surface area contributed by atoms with E-state index in [-0.39, 0.29) is 37.8 Å². The van der Waals surface area contributed by atoms with Crippen molar-refractivity contribution in [2.45, 2.75) is 52.3 Å². The monoisotopic (exact) mass is 674 g/mol. The predicted molar refractivity (Wildman–Crippen MR) is 195 cm³/mol. The van der Waals surface area contributed by atoms with Crippen LogP contribution >= 0.6 is 0 Å². The van der Waals surface area contributed by atoms with Gasteiger partial charge in [-0.3, -0.25) is 4.79 Å². The SMILES string of the molecule is Cc1ccc(CN(C(=O)CN(C)S(=O)c2c(C)cc(C)cc2C)c2ccc(C(=O)OCc3ccccc3)c(OCc3ccccc3)c2)cc1. The molecule has 0 spiro atoms. The summed E-state index contributed by atoms with van der Waals surface area (Å²) in [5.74, 6) is -0.495. The number of esters is 1. The van der Waals surface area contributed by atoms with Gasteiger partial charge in [0.1, 0.15) is 35.5 Å². The molecule has 252 valence electrons. The molecule has 0 fully saturated rings. The Kier molecular flexibility index (Phi) is 11.8. The molecule has 5 rings (SSSR count). The number of aryl methyl sites for hydroxylation is 4. The molecule has 0 aromatic heterocycles. The molecule has 0 saturated heterocycles. The highest BCUT2D eigenvalue weighted by Gasteiger charge is 2.25. The lowest BCUT2D eigenvalue weighted by Crippen LogP contribution is -2.39. The van der Waals surface area contributed by atoms with Crippen molar-refractivity contribution in [3.63, 3.8) is 0 Å². The molecule has 0 saturated carbocycles. The summed E-state index contributed by atoms with van der Waals surface area (Å²) in [6, 6.07) is 36.2. The van der Waals surface area contributed by atoms with E-state index in [0.29, 0.717) is 16.3 Å². The molecule has 0 radical (unpaired) electrons. The van der Waals surface area contributed by atoms with E-state index < -0.39 is 17.0 Å². The highest BCUT2D eigenvalue weighted by Crippen LogP contribution is 2.30. The van der Waals surface area contributed by atoms with Crippen LogP contribution in [-0.2, 0) is 40.3 Å². The standard InChI is InChI=1S/C41H42N2O5S/c1-29-16-18-33(19-17-29)25-43(39(44)26-42(5)49(46)40-31(3)22-30(2)23-32(40)4)36-20-21-37(41(45)48-28-35-14-10-7-11-15-35)38(24-36)47-27-34-12-8-6-9-13-34/h6-24H,25-28H2,1-5H3. The van der Waals surface area contributed by atoms with Crippen molar-refractivity contribution in [1.29, 1.82) is 0 Å². The number of carbonyl (C=O) groups is 2. The Morgan fingerprint density at radius 3 is 1.88 bits per heavy atom. The maximum atomic E-state index is 14.2. The second-order valence-electron chi connectivity index (χ2n) is 12.2. The summed E-state index contributed by atoms with van der Waals surface area (Å²) in [4.78, 5) is 29.9. The lowest BCUT2D eigenvalue weighted by molar-refractivity contribution is -0.118. The van der Waals surface area contributed by atoms with Crippen LogP contribution in [0.1, 0.15) is 49.3 Å². The lowest BCUT2D eigenvalue weighted by Gasteiger charge is -2.27. The van der Waals surface area contributed by atoms with E-state index in [9.17, 15) is 13.8 Å². The number of nitrogens with zero attached hydrogens (tertiary/aromatic N) is 2. The maximum absolute atomic E-state index is 14.2. The van der Waals surface area contributed by atoms with Gasteiger partial charge in [-0.2, -0.15) is 0 Å². The van der Waals surface area contributed by atoms with Gasteiger partial charge in [0.15, 0.2) is 0 Å². The number of ether oxygens (including phenoxy) is 2.